The number of amides is 1. The van der Waals surface area contributed by atoms with Crippen LogP contribution in [0.2, 0.25) is 0 Å². The molecule has 8 heteroatoms. The maximum absolute atomic E-state index is 12.8. The average molecular weight is 448 g/mol. The molecule has 1 fully saturated rings. The van der Waals surface area contributed by atoms with Gasteiger partial charge in [-0.2, -0.15) is 0 Å². The molecule has 3 rings (SSSR count). The van der Waals surface area contributed by atoms with Crippen LogP contribution in [0, 0.1) is 17.0 Å². The minimum absolute atomic E-state index is 0.132. The van der Waals surface area contributed by atoms with E-state index in [0.29, 0.717) is 24.2 Å². The molecule has 148 valence electrons. The van der Waals surface area contributed by atoms with Crippen molar-refractivity contribution in [3.8, 4) is 0 Å². The number of carbonyl (C=O) groups excluding carboxylic acids is 1. The number of ether oxygens (including phenoxy) is 1. The van der Waals surface area contributed by atoms with E-state index in [9.17, 15) is 14.9 Å². The van der Waals surface area contributed by atoms with Gasteiger partial charge in [0.1, 0.15) is 0 Å². The van der Waals surface area contributed by atoms with Gasteiger partial charge in [-0.25, -0.2) is 0 Å². The topological polar surface area (TPSA) is 84.7 Å². The van der Waals surface area contributed by atoms with Gasteiger partial charge in [0.05, 0.1) is 28.7 Å². The van der Waals surface area contributed by atoms with Crippen molar-refractivity contribution in [3.63, 3.8) is 0 Å². The molecule has 0 aromatic heterocycles. The van der Waals surface area contributed by atoms with E-state index in [4.69, 9.17) is 4.74 Å². The number of nitro groups is 1. The van der Waals surface area contributed by atoms with E-state index in [-0.39, 0.29) is 23.2 Å². The summed E-state index contributed by atoms with van der Waals surface area (Å²) in [5, 5.41) is 14.2. The van der Waals surface area contributed by atoms with Gasteiger partial charge in [-0.15, -0.1) is 0 Å². The first-order chi connectivity index (χ1) is 13.4. The lowest BCUT2D eigenvalue weighted by Crippen LogP contribution is -2.43. The third kappa shape index (κ3) is 5.15. The number of hydrogen-bond donors (Lipinski definition) is 1. The number of morpholine rings is 1. The van der Waals surface area contributed by atoms with E-state index < -0.39 is 4.92 Å². The van der Waals surface area contributed by atoms with E-state index >= 15 is 0 Å². The number of nitro benzene ring substituents is 1. The lowest BCUT2D eigenvalue weighted by Gasteiger charge is -2.31. The Hall–Kier alpha value is -2.29. The maximum atomic E-state index is 12.8. The molecule has 1 aliphatic rings. The molecule has 1 N–H and O–H groups in total. The Morgan fingerprint density at radius 1 is 1.25 bits per heavy atom. The second-order valence-electron chi connectivity index (χ2n) is 6.77. The molecular weight excluding hydrogens is 426 g/mol. The standard InChI is InChI=1S/C20H22BrN3O4/c1-14-2-4-15(5-3-14)18(13-23-8-10-28-11-9-23)22-20(25)16-6-7-17(21)19(12-16)24(26)27/h2-7,12,18H,8-11,13H2,1H3,(H,22,25)/t18-/m0/s1. The van der Waals surface area contributed by atoms with Gasteiger partial charge >= 0.3 is 0 Å². The quantitative estimate of drug-likeness (QED) is 0.541. The second-order valence-corrected chi connectivity index (χ2v) is 7.63. The zero-order chi connectivity index (χ0) is 20.1. The maximum Gasteiger partial charge on any atom is 0.284 e. The van der Waals surface area contributed by atoms with Crippen molar-refractivity contribution in [2.24, 2.45) is 0 Å². The van der Waals surface area contributed by atoms with Crippen LogP contribution in [0.15, 0.2) is 46.9 Å². The number of rotatable bonds is 6. The van der Waals surface area contributed by atoms with Crippen molar-refractivity contribution in [2.45, 2.75) is 13.0 Å². The first-order valence-corrected chi connectivity index (χ1v) is 9.85. The van der Waals surface area contributed by atoms with Gasteiger partial charge in [0.15, 0.2) is 0 Å². The fourth-order valence-corrected chi connectivity index (χ4v) is 3.50. The van der Waals surface area contributed by atoms with Crippen LogP contribution in [0.1, 0.15) is 27.5 Å². The zero-order valence-corrected chi connectivity index (χ0v) is 17.1. The Morgan fingerprint density at radius 2 is 1.93 bits per heavy atom. The predicted octanol–water partition coefficient (Wildman–Crippen LogP) is 3.47. The summed E-state index contributed by atoms with van der Waals surface area (Å²) in [6.07, 6.45) is 0. The molecule has 2 aromatic carbocycles. The largest absolute Gasteiger partial charge is 0.379 e. The Bertz CT molecular complexity index is 851. The Kier molecular flexibility index (Phi) is 6.77. The summed E-state index contributed by atoms with van der Waals surface area (Å²) < 4.78 is 5.75. The van der Waals surface area contributed by atoms with Crippen molar-refractivity contribution < 1.29 is 14.5 Å². The SMILES string of the molecule is Cc1ccc([C@H](CN2CCOCC2)NC(=O)c2ccc(Br)c([N+](=O)[O-])c2)cc1. The van der Waals surface area contributed by atoms with E-state index in [0.717, 1.165) is 24.2 Å². The van der Waals surface area contributed by atoms with E-state index in [2.05, 4.69) is 26.1 Å². The summed E-state index contributed by atoms with van der Waals surface area (Å²) in [4.78, 5) is 25.7. The van der Waals surface area contributed by atoms with Crippen LogP contribution in [0.3, 0.4) is 0 Å². The van der Waals surface area contributed by atoms with Crippen LogP contribution in [0.5, 0.6) is 0 Å². The summed E-state index contributed by atoms with van der Waals surface area (Å²) >= 11 is 3.15. The molecule has 1 aliphatic heterocycles. The molecule has 0 spiro atoms. The van der Waals surface area contributed by atoms with Crippen LogP contribution in [0.25, 0.3) is 0 Å². The highest BCUT2D eigenvalue weighted by molar-refractivity contribution is 9.10. The van der Waals surface area contributed by atoms with E-state index in [1.165, 1.54) is 12.1 Å². The molecule has 0 radical (unpaired) electrons. The third-order valence-electron chi connectivity index (χ3n) is 4.73. The molecular formula is C20H22BrN3O4. The minimum atomic E-state index is -0.508. The van der Waals surface area contributed by atoms with Gasteiger partial charge in [0.25, 0.3) is 11.6 Å². The molecule has 0 unspecified atom stereocenters. The first-order valence-electron chi connectivity index (χ1n) is 9.05. The van der Waals surface area contributed by atoms with Gasteiger partial charge < -0.3 is 10.1 Å². The zero-order valence-electron chi connectivity index (χ0n) is 15.6. The number of nitrogens with zero attached hydrogens (tertiary/aromatic N) is 2. The smallest absolute Gasteiger partial charge is 0.284 e. The summed E-state index contributed by atoms with van der Waals surface area (Å²) in [7, 11) is 0. The van der Waals surface area contributed by atoms with Crippen molar-refractivity contribution in [2.75, 3.05) is 32.8 Å². The minimum Gasteiger partial charge on any atom is -0.379 e. The van der Waals surface area contributed by atoms with Gasteiger partial charge in [0, 0.05) is 31.3 Å². The van der Waals surface area contributed by atoms with Crippen molar-refractivity contribution in [3.05, 3.63) is 73.7 Å². The van der Waals surface area contributed by atoms with Crippen molar-refractivity contribution in [1.82, 2.24) is 10.2 Å². The Labute approximate surface area is 172 Å². The number of carbonyl (C=O) groups is 1. The number of aryl methyl sites for hydroxylation is 1. The predicted molar refractivity (Wildman–Crippen MR) is 109 cm³/mol. The van der Waals surface area contributed by atoms with Gasteiger partial charge in [-0.3, -0.25) is 19.8 Å². The van der Waals surface area contributed by atoms with E-state index in [1.807, 2.05) is 31.2 Å². The van der Waals surface area contributed by atoms with Crippen LogP contribution < -0.4 is 5.32 Å². The van der Waals surface area contributed by atoms with Crippen molar-refractivity contribution in [1.29, 1.82) is 0 Å². The lowest BCUT2D eigenvalue weighted by molar-refractivity contribution is -0.385. The lowest BCUT2D eigenvalue weighted by atomic mass is 10.0. The monoisotopic (exact) mass is 447 g/mol. The van der Waals surface area contributed by atoms with Gasteiger partial charge in [0.2, 0.25) is 0 Å². The van der Waals surface area contributed by atoms with Crippen LogP contribution in [0.4, 0.5) is 5.69 Å². The van der Waals surface area contributed by atoms with Crippen LogP contribution in [-0.2, 0) is 4.74 Å². The molecule has 2 aromatic rings. The van der Waals surface area contributed by atoms with Crippen LogP contribution >= 0.6 is 15.9 Å². The fourth-order valence-electron chi connectivity index (χ4n) is 3.11. The molecule has 0 aliphatic carbocycles. The average Bonchev–Trinajstić information content (AvgIpc) is 2.69. The molecule has 1 amide bonds. The van der Waals surface area contributed by atoms with Gasteiger partial charge in [-0.05, 0) is 40.5 Å². The third-order valence-corrected chi connectivity index (χ3v) is 5.41. The molecule has 1 heterocycles. The molecule has 1 saturated heterocycles. The number of hydrogen-bond acceptors (Lipinski definition) is 5. The Balaban J connectivity index is 1.81. The molecule has 7 nitrogen and oxygen atoms in total. The van der Waals surface area contributed by atoms with Gasteiger partial charge in [-0.1, -0.05) is 29.8 Å². The number of benzene rings is 2. The highest BCUT2D eigenvalue weighted by atomic mass is 79.9. The molecule has 1 atom stereocenters. The highest BCUT2D eigenvalue weighted by Gasteiger charge is 2.22. The number of halogens is 1. The summed E-state index contributed by atoms with van der Waals surface area (Å²) in [6.45, 7) is 5.63. The summed E-state index contributed by atoms with van der Waals surface area (Å²) in [5.41, 5.74) is 2.27. The first kappa shape index (κ1) is 20.4. The second kappa shape index (κ2) is 9.27. The normalized spacial score (nSPS) is 15.8. The van der Waals surface area contributed by atoms with E-state index in [1.54, 1.807) is 6.07 Å². The summed E-state index contributed by atoms with van der Waals surface area (Å²) in [5.74, 6) is -0.338. The van der Waals surface area contributed by atoms with Crippen LogP contribution in [-0.4, -0.2) is 48.6 Å². The molecule has 28 heavy (non-hydrogen) atoms. The van der Waals surface area contributed by atoms with Crippen molar-refractivity contribution >= 4 is 27.5 Å². The molecule has 0 bridgehead atoms. The number of nitrogens with one attached hydrogen (secondary N) is 1. The molecule has 0 saturated carbocycles. The highest BCUT2D eigenvalue weighted by Crippen LogP contribution is 2.26. The summed E-state index contributed by atoms with van der Waals surface area (Å²) in [6, 6.07) is 12.2. The fraction of sp³-hybridized carbons (Fsp3) is 0.350. The Morgan fingerprint density at radius 3 is 2.57 bits per heavy atom.